The molecular weight excluding hydrogens is 482 g/mol. The van der Waals surface area contributed by atoms with Gasteiger partial charge in [-0.15, -0.1) is 11.3 Å². The first-order valence-electron chi connectivity index (χ1n) is 14.1. The molecule has 1 N–H and O–H groups in total. The molecule has 0 radical (unpaired) electrons. The van der Waals surface area contributed by atoms with Gasteiger partial charge in [-0.3, -0.25) is 0 Å². The highest BCUT2D eigenvalue weighted by atomic mass is 32.1. The number of thiophene rings is 1. The van der Waals surface area contributed by atoms with E-state index in [1.54, 1.807) is 0 Å². The van der Waals surface area contributed by atoms with Crippen LogP contribution in [-0.4, -0.2) is 11.1 Å². The van der Waals surface area contributed by atoms with Crippen molar-refractivity contribution in [1.29, 1.82) is 0 Å². The average Bonchev–Trinajstić information content (AvgIpc) is 3.04. The molecule has 38 heavy (non-hydrogen) atoms. The molecule has 1 heterocycles. The van der Waals surface area contributed by atoms with Gasteiger partial charge in [0.2, 0.25) is 0 Å². The molecular formula is C35H53NOS. The van der Waals surface area contributed by atoms with Crippen LogP contribution in [0.5, 0.6) is 5.75 Å². The van der Waals surface area contributed by atoms with Gasteiger partial charge in [0.05, 0.1) is 4.88 Å². The standard InChI is InChI=1S/C35H53NOS/c1-19-18-28-29(23(5)20(19)2)24(6)21(3)25(7)30(28)37-35(17,31-26(8)22(4)27(9)38-31)33(13,14)34(15,16)36-32(10,11)12/h18,36H,1-17H3/t35-/m1/s1. The van der Waals surface area contributed by atoms with E-state index in [9.17, 15) is 0 Å². The van der Waals surface area contributed by atoms with Crippen LogP contribution in [0.4, 0.5) is 0 Å². The zero-order valence-corrected chi connectivity index (χ0v) is 28.2. The van der Waals surface area contributed by atoms with Crippen LogP contribution in [0.2, 0.25) is 0 Å². The molecule has 0 fully saturated rings. The van der Waals surface area contributed by atoms with Gasteiger partial charge in [-0.25, -0.2) is 0 Å². The highest BCUT2D eigenvalue weighted by molar-refractivity contribution is 7.12. The predicted molar refractivity (Wildman–Crippen MR) is 170 cm³/mol. The Morgan fingerprint density at radius 2 is 1.16 bits per heavy atom. The summed E-state index contributed by atoms with van der Waals surface area (Å²) in [7, 11) is 0. The van der Waals surface area contributed by atoms with E-state index in [2.05, 4.69) is 129 Å². The molecule has 3 aromatic rings. The maximum Gasteiger partial charge on any atom is 0.147 e. The summed E-state index contributed by atoms with van der Waals surface area (Å²) in [6.07, 6.45) is 0. The van der Waals surface area contributed by atoms with E-state index in [4.69, 9.17) is 4.74 Å². The van der Waals surface area contributed by atoms with Crippen molar-refractivity contribution in [2.75, 3.05) is 0 Å². The lowest BCUT2D eigenvalue weighted by molar-refractivity contribution is -0.0831. The van der Waals surface area contributed by atoms with Crippen LogP contribution in [0, 0.1) is 67.7 Å². The molecule has 3 heteroatoms. The molecule has 0 unspecified atom stereocenters. The largest absolute Gasteiger partial charge is 0.480 e. The van der Waals surface area contributed by atoms with E-state index in [1.807, 2.05) is 11.3 Å². The van der Waals surface area contributed by atoms with Crippen LogP contribution >= 0.6 is 11.3 Å². The van der Waals surface area contributed by atoms with Crippen molar-refractivity contribution in [2.45, 2.75) is 134 Å². The van der Waals surface area contributed by atoms with Crippen molar-refractivity contribution >= 4 is 22.1 Å². The Morgan fingerprint density at radius 1 is 0.632 bits per heavy atom. The monoisotopic (exact) mass is 535 g/mol. The van der Waals surface area contributed by atoms with Gasteiger partial charge in [0.15, 0.2) is 0 Å². The molecule has 0 saturated carbocycles. The molecule has 0 saturated heterocycles. The van der Waals surface area contributed by atoms with E-state index in [0.717, 1.165) is 5.75 Å². The van der Waals surface area contributed by atoms with E-state index in [1.165, 1.54) is 65.0 Å². The second-order valence-electron chi connectivity index (χ2n) is 14.1. The van der Waals surface area contributed by atoms with Gasteiger partial charge in [-0.05, 0) is 160 Å². The van der Waals surface area contributed by atoms with Crippen LogP contribution in [0.3, 0.4) is 0 Å². The number of benzene rings is 2. The van der Waals surface area contributed by atoms with Crippen molar-refractivity contribution in [2.24, 2.45) is 5.41 Å². The quantitative estimate of drug-likeness (QED) is 0.339. The lowest BCUT2D eigenvalue weighted by atomic mass is 9.62. The SMILES string of the molecule is Cc1cc2c(O[C@](C)(c3sc(C)c(C)c3C)C(C)(C)C(C)(C)NC(C)(C)C)c(C)c(C)c(C)c2c(C)c1C. The van der Waals surface area contributed by atoms with Crippen molar-refractivity contribution in [3.05, 3.63) is 60.3 Å². The van der Waals surface area contributed by atoms with Crippen molar-refractivity contribution in [1.82, 2.24) is 5.32 Å². The van der Waals surface area contributed by atoms with Crippen LogP contribution in [-0.2, 0) is 5.60 Å². The molecule has 0 spiro atoms. The Labute approximate surface area is 237 Å². The highest BCUT2D eigenvalue weighted by Crippen LogP contribution is 2.55. The Hall–Kier alpha value is -1.84. The minimum atomic E-state index is -0.589. The van der Waals surface area contributed by atoms with Crippen molar-refractivity contribution in [3.8, 4) is 5.75 Å². The maximum absolute atomic E-state index is 7.60. The minimum absolute atomic E-state index is 0.0349. The van der Waals surface area contributed by atoms with Gasteiger partial charge in [0.1, 0.15) is 11.4 Å². The zero-order chi connectivity index (χ0) is 29.3. The summed E-state index contributed by atoms with van der Waals surface area (Å²) in [4.78, 5) is 2.70. The topological polar surface area (TPSA) is 21.3 Å². The van der Waals surface area contributed by atoms with Gasteiger partial charge in [0, 0.05) is 26.8 Å². The zero-order valence-electron chi connectivity index (χ0n) is 27.4. The molecule has 0 aliphatic rings. The predicted octanol–water partition coefficient (Wildman–Crippen LogP) is 10.2. The normalized spacial score (nSPS) is 14.8. The highest BCUT2D eigenvalue weighted by Gasteiger charge is 2.56. The Balaban J connectivity index is 2.45. The first kappa shape index (κ1) is 30.7. The van der Waals surface area contributed by atoms with Crippen molar-refractivity contribution in [3.63, 3.8) is 0 Å². The Kier molecular flexibility index (Phi) is 7.81. The molecule has 0 bridgehead atoms. The average molecular weight is 536 g/mol. The lowest BCUT2D eigenvalue weighted by Gasteiger charge is -2.55. The molecule has 3 rings (SSSR count). The van der Waals surface area contributed by atoms with Crippen LogP contribution in [0.15, 0.2) is 6.07 Å². The van der Waals surface area contributed by atoms with Gasteiger partial charge < -0.3 is 10.1 Å². The fourth-order valence-electron chi connectivity index (χ4n) is 6.26. The molecule has 2 nitrogen and oxygen atoms in total. The Bertz CT molecular complexity index is 1390. The van der Waals surface area contributed by atoms with Gasteiger partial charge in [-0.2, -0.15) is 0 Å². The molecule has 1 atom stereocenters. The second kappa shape index (κ2) is 9.66. The lowest BCUT2D eigenvalue weighted by Crippen LogP contribution is -2.65. The maximum atomic E-state index is 7.60. The van der Waals surface area contributed by atoms with Crippen LogP contribution < -0.4 is 10.1 Å². The second-order valence-corrected chi connectivity index (χ2v) is 15.3. The number of hydrogen-bond donors (Lipinski definition) is 1. The summed E-state index contributed by atoms with van der Waals surface area (Å²) >= 11 is 1.90. The smallest absolute Gasteiger partial charge is 0.147 e. The number of ether oxygens (including phenoxy) is 1. The molecule has 210 valence electrons. The summed E-state index contributed by atoms with van der Waals surface area (Å²) in [6.45, 7) is 38.8. The minimum Gasteiger partial charge on any atom is -0.480 e. The van der Waals surface area contributed by atoms with Crippen molar-refractivity contribution < 1.29 is 4.74 Å². The summed E-state index contributed by atoms with van der Waals surface area (Å²) < 4.78 is 7.60. The fourth-order valence-corrected chi connectivity index (χ4v) is 7.67. The van der Waals surface area contributed by atoms with Gasteiger partial charge >= 0.3 is 0 Å². The number of rotatable bonds is 6. The third-order valence-electron chi connectivity index (χ3n) is 10.1. The third-order valence-corrected chi connectivity index (χ3v) is 11.6. The van der Waals surface area contributed by atoms with E-state index >= 15 is 0 Å². The number of fused-ring (bicyclic) bond motifs is 1. The van der Waals surface area contributed by atoms with Crippen LogP contribution in [0.25, 0.3) is 10.8 Å². The first-order valence-corrected chi connectivity index (χ1v) is 15.0. The Morgan fingerprint density at radius 3 is 1.63 bits per heavy atom. The summed E-state index contributed by atoms with van der Waals surface area (Å²) in [5.74, 6) is 1.03. The summed E-state index contributed by atoms with van der Waals surface area (Å²) in [5.41, 5.74) is 9.56. The summed E-state index contributed by atoms with van der Waals surface area (Å²) in [5, 5.41) is 6.54. The molecule has 0 aliphatic heterocycles. The fraction of sp³-hybridized carbons (Fsp3) is 0.600. The molecule has 1 aromatic heterocycles. The molecule has 0 amide bonds. The van der Waals surface area contributed by atoms with E-state index < -0.39 is 5.60 Å². The number of nitrogens with one attached hydrogen (secondary N) is 1. The molecule has 2 aromatic carbocycles. The first-order chi connectivity index (χ1) is 17.1. The van der Waals surface area contributed by atoms with E-state index in [-0.39, 0.29) is 16.5 Å². The van der Waals surface area contributed by atoms with Gasteiger partial charge in [-0.1, -0.05) is 13.8 Å². The molecule has 0 aliphatic carbocycles. The number of hydrogen-bond acceptors (Lipinski definition) is 3. The third kappa shape index (κ3) is 4.73. The number of aryl methyl sites for hydroxylation is 4. The van der Waals surface area contributed by atoms with E-state index in [0.29, 0.717) is 0 Å². The van der Waals surface area contributed by atoms with Crippen LogP contribution in [0.1, 0.15) is 110 Å². The summed E-state index contributed by atoms with van der Waals surface area (Å²) in [6, 6.07) is 2.36. The van der Waals surface area contributed by atoms with Gasteiger partial charge in [0.25, 0.3) is 0 Å².